The molecule has 25 heavy (non-hydrogen) atoms. The van der Waals surface area contributed by atoms with Gasteiger partial charge in [-0.2, -0.15) is 0 Å². The molecular weight excluding hydrogens is 316 g/mol. The number of methoxy groups -OCH3 is 1. The van der Waals surface area contributed by atoms with E-state index in [0.29, 0.717) is 18.3 Å². The van der Waals surface area contributed by atoms with Gasteiger partial charge in [-0.25, -0.2) is 0 Å². The zero-order chi connectivity index (χ0) is 18.5. The molecule has 0 radical (unpaired) electrons. The minimum atomic E-state index is -0.344. The maximum absolute atomic E-state index is 11.1. The number of carbonyl (C=O) groups excluding carboxylic acids is 1. The van der Waals surface area contributed by atoms with Gasteiger partial charge in [-0.15, -0.1) is 0 Å². The largest absolute Gasteiger partial charge is 0.469 e. The smallest absolute Gasteiger partial charge is 0.305 e. The SMILES string of the molecule is CCCCCC(O)C=C[C@H]1CCC(O)[C@@H]1CCCCCCC(=O)OC. The van der Waals surface area contributed by atoms with Gasteiger partial charge in [-0.3, -0.25) is 4.79 Å². The van der Waals surface area contributed by atoms with E-state index in [2.05, 4.69) is 17.7 Å². The summed E-state index contributed by atoms with van der Waals surface area (Å²) in [5.74, 6) is 0.583. The van der Waals surface area contributed by atoms with Crippen molar-refractivity contribution in [1.82, 2.24) is 0 Å². The minimum absolute atomic E-state index is 0.131. The number of unbranched alkanes of at least 4 members (excludes halogenated alkanes) is 5. The molecule has 0 aliphatic heterocycles. The van der Waals surface area contributed by atoms with E-state index < -0.39 is 0 Å². The Bertz CT molecular complexity index is 380. The van der Waals surface area contributed by atoms with Crippen LogP contribution >= 0.6 is 0 Å². The fourth-order valence-corrected chi connectivity index (χ4v) is 3.80. The van der Waals surface area contributed by atoms with Crippen molar-refractivity contribution in [3.8, 4) is 0 Å². The molecule has 146 valence electrons. The van der Waals surface area contributed by atoms with Crippen molar-refractivity contribution in [2.24, 2.45) is 11.8 Å². The molecule has 2 unspecified atom stereocenters. The van der Waals surface area contributed by atoms with Crippen molar-refractivity contribution in [2.45, 2.75) is 96.2 Å². The first-order valence-electron chi connectivity index (χ1n) is 10.2. The summed E-state index contributed by atoms with van der Waals surface area (Å²) in [6.07, 6.45) is 15.3. The summed E-state index contributed by atoms with van der Waals surface area (Å²) in [7, 11) is 1.43. The standard InChI is InChI=1S/C21H38O4/c1-3-4-7-10-18(22)15-13-17-14-16-20(23)19(17)11-8-5-6-9-12-21(24)25-2/h13,15,17-20,22-23H,3-12,14,16H2,1-2H3/t17-,18?,19+,20?/m0/s1. The van der Waals surface area contributed by atoms with Gasteiger partial charge < -0.3 is 14.9 Å². The predicted octanol–water partition coefficient (Wildman–Crippen LogP) is 4.38. The Morgan fingerprint density at radius 3 is 2.64 bits per heavy atom. The minimum Gasteiger partial charge on any atom is -0.469 e. The van der Waals surface area contributed by atoms with Crippen LogP contribution in [0.4, 0.5) is 0 Å². The average molecular weight is 355 g/mol. The van der Waals surface area contributed by atoms with Gasteiger partial charge in [0.1, 0.15) is 0 Å². The van der Waals surface area contributed by atoms with Crippen molar-refractivity contribution in [2.75, 3.05) is 7.11 Å². The molecular formula is C21H38O4. The van der Waals surface area contributed by atoms with E-state index in [-0.39, 0.29) is 18.2 Å². The number of hydrogen-bond donors (Lipinski definition) is 2. The predicted molar refractivity (Wildman–Crippen MR) is 101 cm³/mol. The summed E-state index contributed by atoms with van der Waals surface area (Å²) >= 11 is 0. The summed E-state index contributed by atoms with van der Waals surface area (Å²) in [4.78, 5) is 11.1. The topological polar surface area (TPSA) is 66.8 Å². The van der Waals surface area contributed by atoms with Gasteiger partial charge in [-0.1, -0.05) is 57.6 Å². The number of aliphatic hydroxyl groups excluding tert-OH is 2. The van der Waals surface area contributed by atoms with Crippen molar-refractivity contribution in [3.63, 3.8) is 0 Å². The number of carbonyl (C=O) groups is 1. The van der Waals surface area contributed by atoms with Crippen LogP contribution in [-0.4, -0.2) is 35.5 Å². The third-order valence-corrected chi connectivity index (χ3v) is 5.42. The quantitative estimate of drug-likeness (QED) is 0.292. The second-order valence-electron chi connectivity index (χ2n) is 7.45. The van der Waals surface area contributed by atoms with E-state index in [1.807, 2.05) is 6.08 Å². The number of rotatable bonds is 13. The zero-order valence-corrected chi connectivity index (χ0v) is 16.2. The Kier molecular flexibility index (Phi) is 11.8. The van der Waals surface area contributed by atoms with Crippen molar-refractivity contribution >= 4 is 5.97 Å². The molecule has 0 aromatic carbocycles. The lowest BCUT2D eigenvalue weighted by atomic mass is 9.88. The molecule has 1 fully saturated rings. The van der Waals surface area contributed by atoms with Gasteiger partial charge >= 0.3 is 5.97 Å². The van der Waals surface area contributed by atoms with Gasteiger partial charge in [-0.05, 0) is 43.9 Å². The fourth-order valence-electron chi connectivity index (χ4n) is 3.80. The molecule has 1 aliphatic rings. The van der Waals surface area contributed by atoms with Crippen LogP contribution < -0.4 is 0 Å². The van der Waals surface area contributed by atoms with E-state index in [1.165, 1.54) is 20.0 Å². The van der Waals surface area contributed by atoms with Crippen LogP contribution in [0.25, 0.3) is 0 Å². The highest BCUT2D eigenvalue weighted by molar-refractivity contribution is 5.68. The number of allylic oxidation sites excluding steroid dienone is 1. The number of hydrogen-bond acceptors (Lipinski definition) is 4. The highest BCUT2D eigenvalue weighted by Gasteiger charge is 2.32. The monoisotopic (exact) mass is 354 g/mol. The Morgan fingerprint density at radius 1 is 1.16 bits per heavy atom. The van der Waals surface area contributed by atoms with Gasteiger partial charge in [0, 0.05) is 6.42 Å². The van der Waals surface area contributed by atoms with E-state index in [0.717, 1.165) is 57.8 Å². The summed E-state index contributed by atoms with van der Waals surface area (Å²) in [6.45, 7) is 2.17. The lowest BCUT2D eigenvalue weighted by Gasteiger charge is -2.20. The Balaban J connectivity index is 2.25. The summed E-state index contributed by atoms with van der Waals surface area (Å²) < 4.78 is 4.64. The fraction of sp³-hybridized carbons (Fsp3) is 0.857. The molecule has 0 bridgehead atoms. The lowest BCUT2D eigenvalue weighted by molar-refractivity contribution is -0.140. The second kappa shape index (κ2) is 13.3. The molecule has 4 nitrogen and oxygen atoms in total. The first-order chi connectivity index (χ1) is 12.1. The molecule has 0 aromatic rings. The van der Waals surface area contributed by atoms with Crippen molar-refractivity contribution in [3.05, 3.63) is 12.2 Å². The molecule has 1 aliphatic carbocycles. The van der Waals surface area contributed by atoms with E-state index in [1.54, 1.807) is 0 Å². The van der Waals surface area contributed by atoms with Crippen LogP contribution in [0.15, 0.2) is 12.2 Å². The second-order valence-corrected chi connectivity index (χ2v) is 7.45. The third-order valence-electron chi connectivity index (χ3n) is 5.42. The van der Waals surface area contributed by atoms with Gasteiger partial charge in [0.15, 0.2) is 0 Å². The van der Waals surface area contributed by atoms with Crippen LogP contribution in [0.2, 0.25) is 0 Å². The van der Waals surface area contributed by atoms with E-state index >= 15 is 0 Å². The molecule has 1 rings (SSSR count). The molecule has 0 heterocycles. The van der Waals surface area contributed by atoms with E-state index in [4.69, 9.17) is 0 Å². The highest BCUT2D eigenvalue weighted by Crippen LogP contribution is 2.36. The maximum atomic E-state index is 11.1. The molecule has 0 spiro atoms. The molecule has 0 saturated heterocycles. The third kappa shape index (κ3) is 9.41. The lowest BCUT2D eigenvalue weighted by Crippen LogP contribution is -2.18. The Hall–Kier alpha value is -0.870. The van der Waals surface area contributed by atoms with Gasteiger partial charge in [0.25, 0.3) is 0 Å². The van der Waals surface area contributed by atoms with Crippen molar-refractivity contribution in [1.29, 1.82) is 0 Å². The first kappa shape index (κ1) is 22.2. The van der Waals surface area contributed by atoms with E-state index in [9.17, 15) is 15.0 Å². The molecule has 1 saturated carbocycles. The Morgan fingerprint density at radius 2 is 1.92 bits per heavy atom. The summed E-state index contributed by atoms with van der Waals surface area (Å²) in [5, 5.41) is 20.3. The zero-order valence-electron chi connectivity index (χ0n) is 16.2. The van der Waals surface area contributed by atoms with Crippen LogP contribution in [-0.2, 0) is 9.53 Å². The van der Waals surface area contributed by atoms with Gasteiger partial charge in [0.05, 0.1) is 19.3 Å². The van der Waals surface area contributed by atoms with Crippen molar-refractivity contribution < 1.29 is 19.7 Å². The summed E-state index contributed by atoms with van der Waals surface area (Å²) in [6, 6.07) is 0. The van der Waals surface area contributed by atoms with Gasteiger partial charge in [0.2, 0.25) is 0 Å². The molecule has 0 amide bonds. The normalized spacial score (nSPS) is 24.7. The molecule has 0 aromatic heterocycles. The Labute approximate surface area is 153 Å². The van der Waals surface area contributed by atoms with Crippen LogP contribution in [0, 0.1) is 11.8 Å². The molecule has 2 N–H and O–H groups in total. The molecule has 4 atom stereocenters. The average Bonchev–Trinajstić information content (AvgIpc) is 2.96. The highest BCUT2D eigenvalue weighted by atomic mass is 16.5. The number of aliphatic hydroxyl groups is 2. The summed E-state index contributed by atoms with van der Waals surface area (Å²) in [5.41, 5.74) is 0. The van der Waals surface area contributed by atoms with Crippen LogP contribution in [0.5, 0.6) is 0 Å². The first-order valence-corrected chi connectivity index (χ1v) is 10.2. The molecule has 4 heteroatoms. The van der Waals surface area contributed by atoms with Crippen LogP contribution in [0.3, 0.4) is 0 Å². The number of esters is 1. The number of ether oxygens (including phenoxy) is 1. The van der Waals surface area contributed by atoms with Crippen LogP contribution in [0.1, 0.15) is 84.0 Å². The maximum Gasteiger partial charge on any atom is 0.305 e.